The molecule has 21 heavy (non-hydrogen) atoms. The van der Waals surface area contributed by atoms with E-state index >= 15 is 0 Å². The molecule has 0 saturated heterocycles. The van der Waals surface area contributed by atoms with Crippen LogP contribution in [0.5, 0.6) is 0 Å². The molecule has 2 N–H and O–H groups in total. The van der Waals surface area contributed by atoms with E-state index in [4.69, 9.17) is 27.9 Å². The number of benzene rings is 1. The topological polar surface area (TPSA) is 50.4 Å². The number of urea groups is 1. The van der Waals surface area contributed by atoms with Gasteiger partial charge in [-0.1, -0.05) is 23.2 Å². The van der Waals surface area contributed by atoms with E-state index in [1.54, 1.807) is 36.6 Å². The maximum Gasteiger partial charge on any atom is 0.319 e. The van der Waals surface area contributed by atoms with E-state index in [9.17, 15) is 4.79 Å². The number of methoxy groups -OCH3 is 1. The number of anilines is 1. The van der Waals surface area contributed by atoms with E-state index in [1.807, 2.05) is 16.8 Å². The monoisotopic (exact) mass is 344 g/mol. The first kappa shape index (κ1) is 16.1. The Bertz CT molecular complexity index is 605. The molecule has 2 rings (SSSR count). The van der Waals surface area contributed by atoms with Crippen LogP contribution < -0.4 is 10.6 Å². The molecule has 1 atom stereocenters. The van der Waals surface area contributed by atoms with Crippen LogP contribution in [0.1, 0.15) is 11.7 Å². The van der Waals surface area contributed by atoms with Crippen LogP contribution in [0.2, 0.25) is 10.0 Å². The average molecular weight is 345 g/mol. The summed E-state index contributed by atoms with van der Waals surface area (Å²) in [6.07, 6.45) is -0.171. The van der Waals surface area contributed by atoms with Crippen LogP contribution in [-0.2, 0) is 4.74 Å². The van der Waals surface area contributed by atoms with E-state index in [1.165, 1.54) is 0 Å². The number of ether oxygens (including phenoxy) is 1. The number of carbonyl (C=O) groups is 1. The van der Waals surface area contributed by atoms with Crippen molar-refractivity contribution < 1.29 is 9.53 Å². The van der Waals surface area contributed by atoms with Gasteiger partial charge in [-0.25, -0.2) is 4.79 Å². The highest BCUT2D eigenvalue weighted by molar-refractivity contribution is 7.07. The Morgan fingerprint density at radius 3 is 2.76 bits per heavy atom. The van der Waals surface area contributed by atoms with Crippen LogP contribution in [0.4, 0.5) is 10.5 Å². The number of carbonyl (C=O) groups excluding carboxylic acids is 1. The number of hydrogen-bond donors (Lipinski definition) is 2. The number of rotatable bonds is 5. The number of hydrogen-bond acceptors (Lipinski definition) is 3. The molecule has 1 heterocycles. The summed E-state index contributed by atoms with van der Waals surface area (Å²) in [5, 5.41) is 10.2. The van der Waals surface area contributed by atoms with Gasteiger partial charge >= 0.3 is 6.03 Å². The Labute approximate surface area is 137 Å². The molecule has 0 aliphatic carbocycles. The number of halogens is 2. The first-order valence-electron chi connectivity index (χ1n) is 6.15. The standard InChI is InChI=1S/C14H14Cl2N2O2S/c1-20-13(9-4-5-21-8-9)7-17-14(19)18-10-2-3-11(15)12(16)6-10/h2-6,8,13H,7H2,1H3,(H2,17,18,19)/t13-/m0/s1. The maximum atomic E-state index is 11.8. The second-order valence-corrected chi connectivity index (χ2v) is 5.84. The molecule has 2 aromatic rings. The van der Waals surface area contributed by atoms with E-state index in [-0.39, 0.29) is 12.1 Å². The molecule has 0 radical (unpaired) electrons. The lowest BCUT2D eigenvalue weighted by molar-refractivity contribution is 0.105. The van der Waals surface area contributed by atoms with Crippen molar-refractivity contribution in [2.24, 2.45) is 0 Å². The minimum atomic E-state index is -0.328. The summed E-state index contributed by atoms with van der Waals surface area (Å²) in [4.78, 5) is 11.8. The zero-order valence-corrected chi connectivity index (χ0v) is 13.6. The van der Waals surface area contributed by atoms with Crippen molar-refractivity contribution in [1.29, 1.82) is 0 Å². The SMILES string of the molecule is CO[C@@H](CNC(=O)Nc1ccc(Cl)c(Cl)c1)c1ccsc1. The van der Waals surface area contributed by atoms with Crippen molar-refractivity contribution in [2.75, 3.05) is 19.0 Å². The normalized spacial score (nSPS) is 12.0. The molecule has 0 aliphatic rings. The molecule has 0 aliphatic heterocycles. The van der Waals surface area contributed by atoms with Crippen molar-refractivity contribution in [3.63, 3.8) is 0 Å². The van der Waals surface area contributed by atoms with Crippen LogP contribution in [0.3, 0.4) is 0 Å². The first-order valence-corrected chi connectivity index (χ1v) is 7.85. The van der Waals surface area contributed by atoms with Crippen molar-refractivity contribution in [3.05, 3.63) is 50.6 Å². The summed E-state index contributed by atoms with van der Waals surface area (Å²) < 4.78 is 5.36. The van der Waals surface area contributed by atoms with Gasteiger partial charge in [-0.05, 0) is 40.6 Å². The van der Waals surface area contributed by atoms with Crippen molar-refractivity contribution >= 4 is 46.3 Å². The van der Waals surface area contributed by atoms with E-state index in [0.29, 0.717) is 22.3 Å². The zero-order valence-electron chi connectivity index (χ0n) is 11.2. The molecule has 0 bridgehead atoms. The van der Waals surface area contributed by atoms with Gasteiger partial charge in [0.15, 0.2) is 0 Å². The highest BCUT2D eigenvalue weighted by Gasteiger charge is 2.12. The minimum absolute atomic E-state index is 0.171. The lowest BCUT2D eigenvalue weighted by atomic mass is 10.2. The molecule has 0 spiro atoms. The predicted octanol–water partition coefficient (Wildman–Crippen LogP) is 4.56. The van der Waals surface area contributed by atoms with Gasteiger partial charge in [-0.3, -0.25) is 0 Å². The third kappa shape index (κ3) is 4.61. The summed E-state index contributed by atoms with van der Waals surface area (Å²) in [5.41, 5.74) is 1.61. The third-order valence-electron chi connectivity index (χ3n) is 2.82. The summed E-state index contributed by atoms with van der Waals surface area (Å²) in [6.45, 7) is 0.375. The second kappa shape index (κ2) is 7.66. The number of nitrogens with one attached hydrogen (secondary N) is 2. The van der Waals surface area contributed by atoms with Gasteiger partial charge in [0.25, 0.3) is 0 Å². The van der Waals surface area contributed by atoms with Crippen molar-refractivity contribution in [2.45, 2.75) is 6.10 Å². The maximum absolute atomic E-state index is 11.8. The van der Waals surface area contributed by atoms with Crippen LogP contribution in [-0.4, -0.2) is 19.7 Å². The molecule has 1 aromatic heterocycles. The van der Waals surface area contributed by atoms with E-state index in [2.05, 4.69) is 10.6 Å². The van der Waals surface area contributed by atoms with Crippen LogP contribution >= 0.6 is 34.5 Å². The van der Waals surface area contributed by atoms with Crippen LogP contribution in [0.15, 0.2) is 35.0 Å². The highest BCUT2D eigenvalue weighted by Crippen LogP contribution is 2.25. The summed E-state index contributed by atoms with van der Waals surface area (Å²) in [7, 11) is 1.61. The summed E-state index contributed by atoms with van der Waals surface area (Å²) >= 11 is 13.3. The molecule has 4 nitrogen and oxygen atoms in total. The molecule has 0 saturated carbocycles. The minimum Gasteiger partial charge on any atom is -0.375 e. The Hall–Kier alpha value is -1.27. The zero-order chi connectivity index (χ0) is 15.2. The fourth-order valence-electron chi connectivity index (χ4n) is 1.73. The van der Waals surface area contributed by atoms with Gasteiger partial charge in [0.2, 0.25) is 0 Å². The molecule has 2 amide bonds. The molecule has 112 valence electrons. The Morgan fingerprint density at radius 1 is 1.33 bits per heavy atom. The number of amides is 2. The largest absolute Gasteiger partial charge is 0.375 e. The molecule has 0 fully saturated rings. The Morgan fingerprint density at radius 2 is 2.14 bits per heavy atom. The van der Waals surface area contributed by atoms with Crippen molar-refractivity contribution in [3.8, 4) is 0 Å². The first-order chi connectivity index (χ1) is 10.1. The lowest BCUT2D eigenvalue weighted by Gasteiger charge is -2.15. The summed E-state index contributed by atoms with van der Waals surface area (Å²) in [6, 6.07) is 6.54. The van der Waals surface area contributed by atoms with Gasteiger partial charge in [0, 0.05) is 19.3 Å². The molecule has 1 aromatic carbocycles. The van der Waals surface area contributed by atoms with Gasteiger partial charge in [0.05, 0.1) is 10.0 Å². The van der Waals surface area contributed by atoms with Gasteiger partial charge in [0.1, 0.15) is 6.10 Å². The molecule has 7 heteroatoms. The quantitative estimate of drug-likeness (QED) is 0.834. The Balaban J connectivity index is 1.88. The smallest absolute Gasteiger partial charge is 0.319 e. The predicted molar refractivity (Wildman–Crippen MR) is 87.6 cm³/mol. The molecular formula is C14H14Cl2N2O2S. The molecular weight excluding hydrogens is 331 g/mol. The van der Waals surface area contributed by atoms with Crippen molar-refractivity contribution in [1.82, 2.24) is 5.32 Å². The van der Waals surface area contributed by atoms with Gasteiger partial charge < -0.3 is 15.4 Å². The number of thiophene rings is 1. The fraction of sp³-hybridized carbons (Fsp3) is 0.214. The second-order valence-electron chi connectivity index (χ2n) is 4.24. The van der Waals surface area contributed by atoms with Crippen LogP contribution in [0, 0.1) is 0 Å². The fourth-order valence-corrected chi connectivity index (χ4v) is 2.73. The molecule has 0 unspecified atom stereocenters. The average Bonchev–Trinajstić information content (AvgIpc) is 2.98. The van der Waals surface area contributed by atoms with Crippen LogP contribution in [0.25, 0.3) is 0 Å². The van der Waals surface area contributed by atoms with E-state index < -0.39 is 0 Å². The Kier molecular flexibility index (Phi) is 5.87. The van der Waals surface area contributed by atoms with Gasteiger partial charge in [-0.15, -0.1) is 0 Å². The van der Waals surface area contributed by atoms with E-state index in [0.717, 1.165) is 5.56 Å². The lowest BCUT2D eigenvalue weighted by Crippen LogP contribution is -2.32. The summed E-state index contributed by atoms with van der Waals surface area (Å²) in [5.74, 6) is 0. The highest BCUT2D eigenvalue weighted by atomic mass is 35.5. The third-order valence-corrected chi connectivity index (χ3v) is 4.27. The van der Waals surface area contributed by atoms with Gasteiger partial charge in [-0.2, -0.15) is 11.3 Å².